The molecule has 1 fully saturated rings. The maximum absolute atomic E-state index is 11.1. The molecule has 0 bridgehead atoms. The van der Waals surface area contributed by atoms with Gasteiger partial charge in [0.25, 0.3) is 0 Å². The first-order valence-corrected chi connectivity index (χ1v) is 7.48. The Labute approximate surface area is 130 Å². The van der Waals surface area contributed by atoms with Crippen molar-refractivity contribution in [3.8, 4) is 5.88 Å². The Bertz CT molecular complexity index is 692. The predicted molar refractivity (Wildman–Crippen MR) is 82.5 cm³/mol. The van der Waals surface area contributed by atoms with E-state index < -0.39 is 12.0 Å². The van der Waals surface area contributed by atoms with Crippen molar-refractivity contribution in [2.75, 3.05) is 13.6 Å². The van der Waals surface area contributed by atoms with Crippen molar-refractivity contribution in [1.82, 2.24) is 9.88 Å². The highest BCUT2D eigenvalue weighted by molar-refractivity contribution is 9.10. The smallest absolute Gasteiger partial charge is 0.321 e. The number of nitrogens with zero attached hydrogens (tertiary/aromatic N) is 2. The molecule has 21 heavy (non-hydrogen) atoms. The van der Waals surface area contributed by atoms with Crippen LogP contribution >= 0.6 is 15.9 Å². The zero-order chi connectivity index (χ0) is 15.0. The lowest BCUT2D eigenvalue weighted by Crippen LogP contribution is -2.32. The van der Waals surface area contributed by atoms with E-state index in [0.717, 1.165) is 15.2 Å². The maximum atomic E-state index is 11.1. The first-order chi connectivity index (χ1) is 10.0. The molecular weight excluding hydrogens is 336 g/mol. The molecule has 2 aromatic rings. The number of fused-ring (bicyclic) bond motifs is 1. The highest BCUT2D eigenvalue weighted by atomic mass is 79.9. The molecule has 0 radical (unpaired) electrons. The van der Waals surface area contributed by atoms with E-state index in [9.17, 15) is 4.79 Å². The number of ether oxygens (including phenoxy) is 1. The van der Waals surface area contributed by atoms with Crippen LogP contribution in [0.3, 0.4) is 0 Å². The molecule has 1 aliphatic rings. The molecule has 5 nitrogen and oxygen atoms in total. The molecule has 2 heterocycles. The van der Waals surface area contributed by atoms with E-state index in [0.29, 0.717) is 18.8 Å². The Hall–Kier alpha value is -1.66. The average Bonchev–Trinajstić information content (AvgIpc) is 2.80. The molecule has 1 saturated heterocycles. The van der Waals surface area contributed by atoms with Crippen LogP contribution in [0, 0.1) is 0 Å². The lowest BCUT2D eigenvalue weighted by Gasteiger charge is -2.14. The number of benzene rings is 1. The van der Waals surface area contributed by atoms with Crippen LogP contribution in [0.2, 0.25) is 0 Å². The van der Waals surface area contributed by atoms with Crippen LogP contribution in [0.25, 0.3) is 10.8 Å². The second kappa shape index (κ2) is 5.61. The molecule has 0 spiro atoms. The third-order valence-corrected chi connectivity index (χ3v) is 4.26. The summed E-state index contributed by atoms with van der Waals surface area (Å²) < 4.78 is 6.92. The number of hydrogen-bond donors (Lipinski definition) is 1. The van der Waals surface area contributed by atoms with E-state index in [1.54, 1.807) is 18.1 Å². The fourth-order valence-corrected chi connectivity index (χ4v) is 3.05. The minimum absolute atomic E-state index is 0.159. The summed E-state index contributed by atoms with van der Waals surface area (Å²) in [6.45, 7) is 0.586. The molecule has 6 heteroatoms. The van der Waals surface area contributed by atoms with E-state index >= 15 is 0 Å². The van der Waals surface area contributed by atoms with E-state index in [1.165, 1.54) is 0 Å². The van der Waals surface area contributed by atoms with Crippen LogP contribution in [-0.2, 0) is 4.79 Å². The fraction of sp³-hybridized carbons (Fsp3) is 0.333. The average molecular weight is 351 g/mol. The van der Waals surface area contributed by atoms with Crippen molar-refractivity contribution in [3.63, 3.8) is 0 Å². The van der Waals surface area contributed by atoms with Gasteiger partial charge in [0.05, 0.1) is 0 Å². The minimum Gasteiger partial charge on any atom is -0.480 e. The topological polar surface area (TPSA) is 62.7 Å². The second-order valence-electron chi connectivity index (χ2n) is 5.25. The Balaban J connectivity index is 1.86. The number of pyridine rings is 1. The van der Waals surface area contributed by atoms with Crippen molar-refractivity contribution in [1.29, 1.82) is 0 Å². The highest BCUT2D eigenvalue weighted by Gasteiger charge is 2.36. The summed E-state index contributed by atoms with van der Waals surface area (Å²) in [6, 6.07) is 7.36. The van der Waals surface area contributed by atoms with Crippen molar-refractivity contribution < 1.29 is 14.6 Å². The standard InChI is InChI=1S/C15H15BrN2O3/c1-18-8-11(7-13(18)15(19)20)21-14-12-6-10(16)3-2-9(12)4-5-17-14/h2-6,11,13H,7-8H2,1H3,(H,19,20)/t11-,13+/m1/s1. The molecule has 110 valence electrons. The zero-order valence-corrected chi connectivity index (χ0v) is 13.1. The van der Waals surface area contributed by atoms with Gasteiger partial charge in [0, 0.05) is 29.0 Å². The molecule has 0 aliphatic carbocycles. The maximum Gasteiger partial charge on any atom is 0.321 e. The summed E-state index contributed by atoms with van der Waals surface area (Å²) in [7, 11) is 1.80. The van der Waals surface area contributed by atoms with Gasteiger partial charge >= 0.3 is 5.97 Å². The summed E-state index contributed by atoms with van der Waals surface area (Å²) in [5, 5.41) is 11.1. The Morgan fingerprint density at radius 1 is 1.48 bits per heavy atom. The summed E-state index contributed by atoms with van der Waals surface area (Å²) in [5.41, 5.74) is 0. The Morgan fingerprint density at radius 3 is 3.00 bits per heavy atom. The van der Waals surface area contributed by atoms with Gasteiger partial charge in [-0.25, -0.2) is 4.98 Å². The fourth-order valence-electron chi connectivity index (χ4n) is 2.69. The molecule has 0 saturated carbocycles. The lowest BCUT2D eigenvalue weighted by molar-refractivity contribution is -0.141. The Kier molecular flexibility index (Phi) is 3.82. The van der Waals surface area contributed by atoms with Gasteiger partial charge in [0.2, 0.25) is 5.88 Å². The van der Waals surface area contributed by atoms with Gasteiger partial charge in [-0.15, -0.1) is 0 Å². The lowest BCUT2D eigenvalue weighted by atomic mass is 10.1. The van der Waals surface area contributed by atoms with Crippen LogP contribution in [0.4, 0.5) is 0 Å². The molecule has 1 N–H and O–H groups in total. The molecule has 0 amide bonds. The zero-order valence-electron chi connectivity index (χ0n) is 11.5. The molecule has 1 aromatic heterocycles. The number of carbonyl (C=O) groups is 1. The van der Waals surface area contributed by atoms with E-state index in [-0.39, 0.29) is 6.10 Å². The molecule has 3 rings (SSSR count). The summed E-state index contributed by atoms with van der Waals surface area (Å²) in [4.78, 5) is 17.2. The normalized spacial score (nSPS) is 22.6. The second-order valence-corrected chi connectivity index (χ2v) is 6.17. The van der Waals surface area contributed by atoms with Gasteiger partial charge in [-0.3, -0.25) is 9.69 Å². The van der Waals surface area contributed by atoms with Crippen LogP contribution in [0.15, 0.2) is 34.9 Å². The van der Waals surface area contributed by atoms with Gasteiger partial charge in [0.15, 0.2) is 0 Å². The third kappa shape index (κ3) is 2.87. The SMILES string of the molecule is CN1C[C@H](Oc2nccc3ccc(Br)cc23)C[C@H]1C(=O)O. The molecule has 1 aliphatic heterocycles. The number of likely N-dealkylation sites (tertiary alicyclic amines) is 1. The number of aliphatic carboxylic acids is 1. The van der Waals surface area contributed by atoms with Gasteiger partial charge in [-0.1, -0.05) is 22.0 Å². The first-order valence-electron chi connectivity index (χ1n) is 6.68. The molecule has 2 atom stereocenters. The molecule has 0 unspecified atom stereocenters. The van der Waals surface area contributed by atoms with E-state index in [4.69, 9.17) is 9.84 Å². The predicted octanol–water partition coefficient (Wildman–Crippen LogP) is 2.53. The monoisotopic (exact) mass is 350 g/mol. The molecular formula is C15H15BrN2O3. The number of likely N-dealkylation sites (N-methyl/N-ethyl adjacent to an activating group) is 1. The van der Waals surface area contributed by atoms with Crippen molar-refractivity contribution >= 4 is 32.7 Å². The van der Waals surface area contributed by atoms with Gasteiger partial charge < -0.3 is 9.84 Å². The highest BCUT2D eigenvalue weighted by Crippen LogP contribution is 2.29. The van der Waals surface area contributed by atoms with Crippen LogP contribution in [0.1, 0.15) is 6.42 Å². The van der Waals surface area contributed by atoms with E-state index in [1.807, 2.05) is 24.3 Å². The third-order valence-electron chi connectivity index (χ3n) is 3.76. The van der Waals surface area contributed by atoms with Crippen molar-refractivity contribution in [3.05, 3.63) is 34.9 Å². The number of aromatic nitrogens is 1. The number of carboxylic acid groups (broad SMARTS) is 1. The van der Waals surface area contributed by atoms with Crippen LogP contribution in [0.5, 0.6) is 5.88 Å². The number of hydrogen-bond acceptors (Lipinski definition) is 4. The van der Waals surface area contributed by atoms with Crippen molar-refractivity contribution in [2.45, 2.75) is 18.6 Å². The van der Waals surface area contributed by atoms with Gasteiger partial charge in [-0.2, -0.15) is 0 Å². The summed E-state index contributed by atoms with van der Waals surface area (Å²) in [6.07, 6.45) is 2.02. The Morgan fingerprint density at radius 2 is 2.29 bits per heavy atom. The van der Waals surface area contributed by atoms with E-state index in [2.05, 4.69) is 20.9 Å². The minimum atomic E-state index is -0.808. The van der Waals surface area contributed by atoms with Gasteiger partial charge in [-0.05, 0) is 30.6 Å². The number of carboxylic acids is 1. The molecule has 1 aromatic carbocycles. The van der Waals surface area contributed by atoms with Crippen LogP contribution < -0.4 is 4.74 Å². The van der Waals surface area contributed by atoms with Crippen molar-refractivity contribution in [2.24, 2.45) is 0 Å². The summed E-state index contributed by atoms with van der Waals surface area (Å²) in [5.74, 6) is -0.254. The quantitative estimate of drug-likeness (QED) is 0.921. The number of halogens is 1. The largest absolute Gasteiger partial charge is 0.480 e. The number of rotatable bonds is 3. The summed E-state index contributed by atoms with van der Waals surface area (Å²) >= 11 is 3.45. The van der Waals surface area contributed by atoms with Crippen LogP contribution in [-0.4, -0.2) is 46.7 Å². The first kappa shape index (κ1) is 14.3. The van der Waals surface area contributed by atoms with Gasteiger partial charge in [0.1, 0.15) is 12.1 Å².